The van der Waals surface area contributed by atoms with Crippen LogP contribution in [0.4, 0.5) is 0 Å². The van der Waals surface area contributed by atoms with Gasteiger partial charge in [-0.2, -0.15) is 5.26 Å². The lowest BCUT2D eigenvalue weighted by atomic mass is 10.1. The van der Waals surface area contributed by atoms with Crippen LogP contribution in [0.3, 0.4) is 0 Å². The average Bonchev–Trinajstić information content (AvgIpc) is 2.46. The minimum absolute atomic E-state index is 0.259. The predicted molar refractivity (Wildman–Crippen MR) is 53.9 cm³/mol. The van der Waals surface area contributed by atoms with E-state index < -0.39 is 0 Å². The fraction of sp³-hybridized carbons (Fsp3) is 0.182. The Hall–Kier alpha value is -1.95. The number of hydrogen-bond acceptors (Lipinski definition) is 2. The Morgan fingerprint density at radius 2 is 2.29 bits per heavy atom. The molecule has 0 amide bonds. The molecular formula is C11H10N2O. The summed E-state index contributed by atoms with van der Waals surface area (Å²) < 4.78 is 1.84. The molecule has 0 bridgehead atoms. The smallest absolute Gasteiger partial charge is 0.139 e. The minimum Gasteiger partial charge on any atom is -0.506 e. The summed E-state index contributed by atoms with van der Waals surface area (Å²) in [5.74, 6) is 0.259. The van der Waals surface area contributed by atoms with Gasteiger partial charge in [0.15, 0.2) is 0 Å². The quantitative estimate of drug-likeness (QED) is 0.740. The van der Waals surface area contributed by atoms with Gasteiger partial charge in [-0.3, -0.25) is 0 Å². The van der Waals surface area contributed by atoms with Crippen LogP contribution in [0.15, 0.2) is 24.4 Å². The number of aromatic nitrogens is 1. The van der Waals surface area contributed by atoms with E-state index in [4.69, 9.17) is 5.26 Å². The molecule has 1 N–H and O–H groups in total. The molecule has 3 nitrogen and oxygen atoms in total. The van der Waals surface area contributed by atoms with Crippen molar-refractivity contribution in [2.24, 2.45) is 7.05 Å². The van der Waals surface area contributed by atoms with Gasteiger partial charge < -0.3 is 9.67 Å². The van der Waals surface area contributed by atoms with Crippen LogP contribution < -0.4 is 0 Å². The van der Waals surface area contributed by atoms with E-state index in [0.717, 1.165) is 16.5 Å². The van der Waals surface area contributed by atoms with Crippen molar-refractivity contribution >= 4 is 10.9 Å². The van der Waals surface area contributed by atoms with Crippen LogP contribution in [0.25, 0.3) is 10.9 Å². The highest BCUT2D eigenvalue weighted by Gasteiger charge is 2.08. The Kier molecular flexibility index (Phi) is 1.90. The summed E-state index contributed by atoms with van der Waals surface area (Å²) in [4.78, 5) is 0. The maximum absolute atomic E-state index is 9.63. The maximum Gasteiger partial charge on any atom is 0.139 e. The number of aryl methyl sites for hydroxylation is 1. The van der Waals surface area contributed by atoms with E-state index in [9.17, 15) is 5.11 Å². The highest BCUT2D eigenvalue weighted by molar-refractivity contribution is 5.89. The van der Waals surface area contributed by atoms with Gasteiger partial charge in [0, 0.05) is 18.6 Å². The summed E-state index contributed by atoms with van der Waals surface area (Å²) >= 11 is 0. The zero-order valence-corrected chi connectivity index (χ0v) is 7.86. The maximum atomic E-state index is 9.63. The Morgan fingerprint density at radius 3 is 3.00 bits per heavy atom. The Bertz CT molecular complexity index is 520. The highest BCUT2D eigenvalue weighted by Crippen LogP contribution is 2.28. The van der Waals surface area contributed by atoms with Gasteiger partial charge >= 0.3 is 0 Å². The number of benzene rings is 1. The van der Waals surface area contributed by atoms with Crippen LogP contribution in [0, 0.1) is 11.3 Å². The molecule has 0 saturated heterocycles. The molecule has 0 fully saturated rings. The van der Waals surface area contributed by atoms with E-state index in [0.29, 0.717) is 6.42 Å². The lowest BCUT2D eigenvalue weighted by Gasteiger charge is -1.98. The van der Waals surface area contributed by atoms with Gasteiger partial charge in [0.05, 0.1) is 18.0 Å². The van der Waals surface area contributed by atoms with Crippen LogP contribution in [-0.4, -0.2) is 9.67 Å². The number of nitrogens with zero attached hydrogens (tertiary/aromatic N) is 2. The third-order valence-corrected chi connectivity index (χ3v) is 2.33. The number of phenols is 1. The second-order valence-electron chi connectivity index (χ2n) is 3.27. The molecule has 0 unspecified atom stereocenters. The largest absolute Gasteiger partial charge is 0.506 e. The Balaban J connectivity index is 2.79. The van der Waals surface area contributed by atoms with Crippen LogP contribution in [0.2, 0.25) is 0 Å². The molecule has 0 aliphatic rings. The molecule has 0 spiro atoms. The van der Waals surface area contributed by atoms with Gasteiger partial charge in [0.25, 0.3) is 0 Å². The Labute approximate surface area is 81.8 Å². The summed E-state index contributed by atoms with van der Waals surface area (Å²) in [6.07, 6.45) is 2.26. The molecule has 0 aliphatic heterocycles. The number of hydrogen-bond donors (Lipinski definition) is 1. The molecule has 1 heterocycles. The first-order valence-electron chi connectivity index (χ1n) is 4.37. The first-order chi connectivity index (χ1) is 6.74. The van der Waals surface area contributed by atoms with Gasteiger partial charge in [-0.1, -0.05) is 12.1 Å². The molecule has 0 aliphatic carbocycles. The van der Waals surface area contributed by atoms with E-state index in [2.05, 4.69) is 6.07 Å². The van der Waals surface area contributed by atoms with E-state index in [1.165, 1.54) is 0 Å². The number of aromatic hydroxyl groups is 1. The number of para-hydroxylation sites is 1. The summed E-state index contributed by atoms with van der Waals surface area (Å²) in [7, 11) is 1.86. The van der Waals surface area contributed by atoms with Crippen molar-refractivity contribution in [1.82, 2.24) is 4.57 Å². The van der Waals surface area contributed by atoms with Gasteiger partial charge in [-0.15, -0.1) is 0 Å². The molecule has 0 saturated carbocycles. The molecule has 0 atom stereocenters. The van der Waals surface area contributed by atoms with Crippen molar-refractivity contribution < 1.29 is 5.11 Å². The van der Waals surface area contributed by atoms with Crippen LogP contribution in [0.1, 0.15) is 5.56 Å². The molecule has 2 aromatic rings. The average molecular weight is 186 g/mol. The first kappa shape index (κ1) is 8.64. The van der Waals surface area contributed by atoms with Crippen molar-refractivity contribution in [2.45, 2.75) is 6.42 Å². The number of phenolic OH excluding ortho intramolecular Hbond substituents is 1. The van der Waals surface area contributed by atoms with E-state index in [-0.39, 0.29) is 5.75 Å². The first-order valence-corrected chi connectivity index (χ1v) is 4.37. The van der Waals surface area contributed by atoms with Crippen molar-refractivity contribution in [1.29, 1.82) is 5.26 Å². The molecule has 1 aromatic carbocycles. The second-order valence-corrected chi connectivity index (χ2v) is 3.27. The van der Waals surface area contributed by atoms with Gasteiger partial charge in [0.1, 0.15) is 5.75 Å². The third-order valence-electron chi connectivity index (χ3n) is 2.33. The monoisotopic (exact) mass is 186 g/mol. The van der Waals surface area contributed by atoms with E-state index >= 15 is 0 Å². The van der Waals surface area contributed by atoms with E-state index in [1.54, 1.807) is 12.1 Å². The topological polar surface area (TPSA) is 49.0 Å². The summed E-state index contributed by atoms with van der Waals surface area (Å²) in [5.41, 5.74) is 1.75. The SMILES string of the molecule is Cn1cc(CC#N)c2cccc(O)c21. The predicted octanol–water partition coefficient (Wildman–Crippen LogP) is 1.95. The van der Waals surface area contributed by atoms with Crippen molar-refractivity contribution in [3.05, 3.63) is 30.0 Å². The Morgan fingerprint density at radius 1 is 1.50 bits per heavy atom. The fourth-order valence-electron chi connectivity index (χ4n) is 1.76. The molecule has 1 aromatic heterocycles. The normalized spacial score (nSPS) is 10.3. The summed E-state index contributed by atoms with van der Waals surface area (Å²) in [6.45, 7) is 0. The van der Waals surface area contributed by atoms with Crippen LogP contribution in [-0.2, 0) is 13.5 Å². The zero-order chi connectivity index (χ0) is 10.1. The zero-order valence-electron chi connectivity index (χ0n) is 7.86. The fourth-order valence-corrected chi connectivity index (χ4v) is 1.76. The van der Waals surface area contributed by atoms with Crippen molar-refractivity contribution in [3.8, 4) is 11.8 Å². The van der Waals surface area contributed by atoms with Crippen molar-refractivity contribution in [2.75, 3.05) is 0 Å². The minimum atomic E-state index is 0.259. The lowest BCUT2D eigenvalue weighted by molar-refractivity contribution is 0.479. The van der Waals surface area contributed by atoms with E-state index in [1.807, 2.05) is 23.9 Å². The summed E-state index contributed by atoms with van der Waals surface area (Å²) in [6, 6.07) is 7.47. The number of rotatable bonds is 1. The van der Waals surface area contributed by atoms with Crippen LogP contribution in [0.5, 0.6) is 5.75 Å². The molecule has 14 heavy (non-hydrogen) atoms. The third kappa shape index (κ3) is 1.12. The van der Waals surface area contributed by atoms with Crippen LogP contribution >= 0.6 is 0 Å². The molecular weight excluding hydrogens is 176 g/mol. The second kappa shape index (κ2) is 3.08. The molecule has 2 rings (SSSR count). The molecule has 0 radical (unpaired) electrons. The van der Waals surface area contributed by atoms with Gasteiger partial charge in [-0.05, 0) is 11.6 Å². The lowest BCUT2D eigenvalue weighted by Crippen LogP contribution is -1.83. The van der Waals surface area contributed by atoms with Gasteiger partial charge in [-0.25, -0.2) is 0 Å². The highest BCUT2D eigenvalue weighted by atomic mass is 16.3. The standard InChI is InChI=1S/C11H10N2O/c1-13-7-8(5-6-12)9-3-2-4-10(14)11(9)13/h2-4,7,14H,5H2,1H3. The molecule has 3 heteroatoms. The summed E-state index contributed by atoms with van der Waals surface area (Å²) in [5, 5.41) is 19.2. The number of nitriles is 1. The molecule has 70 valence electrons. The van der Waals surface area contributed by atoms with Gasteiger partial charge in [0.2, 0.25) is 0 Å². The van der Waals surface area contributed by atoms with Crippen molar-refractivity contribution in [3.63, 3.8) is 0 Å². The number of fused-ring (bicyclic) bond motifs is 1.